The van der Waals surface area contributed by atoms with Gasteiger partial charge < -0.3 is 4.52 Å². The lowest BCUT2D eigenvalue weighted by Crippen LogP contribution is -2.29. The van der Waals surface area contributed by atoms with Crippen LogP contribution >= 0.6 is 34.8 Å². The Morgan fingerprint density at radius 3 is 2.54 bits per heavy atom. The van der Waals surface area contributed by atoms with Crippen molar-refractivity contribution in [1.82, 2.24) is 15.6 Å². The minimum atomic E-state index is -0.492. The van der Waals surface area contributed by atoms with Gasteiger partial charge in [0.25, 0.3) is 5.91 Å². The van der Waals surface area contributed by atoms with Gasteiger partial charge in [-0.25, -0.2) is 5.43 Å². The van der Waals surface area contributed by atoms with Crippen molar-refractivity contribution in [3.8, 4) is 11.4 Å². The number of amides is 1. The van der Waals surface area contributed by atoms with Crippen LogP contribution in [0.25, 0.3) is 11.4 Å². The SMILES string of the molecule is O=C(NNc1nc(-c2ccc(Cl)cc2)no1)c1cccc(Cl)c1Cl. The Hall–Kier alpha value is -2.28. The fourth-order valence-corrected chi connectivity index (χ4v) is 2.36. The summed E-state index contributed by atoms with van der Waals surface area (Å²) in [5.41, 5.74) is 5.87. The van der Waals surface area contributed by atoms with E-state index in [-0.39, 0.29) is 21.6 Å². The molecule has 24 heavy (non-hydrogen) atoms. The van der Waals surface area contributed by atoms with Crippen LogP contribution in [0.1, 0.15) is 10.4 Å². The van der Waals surface area contributed by atoms with Crippen LogP contribution in [0.3, 0.4) is 0 Å². The van der Waals surface area contributed by atoms with Crippen LogP contribution in [0.4, 0.5) is 6.01 Å². The molecule has 0 saturated carbocycles. The molecular weight excluding hydrogens is 375 g/mol. The van der Waals surface area contributed by atoms with Gasteiger partial charge in [-0.3, -0.25) is 10.2 Å². The lowest BCUT2D eigenvalue weighted by molar-refractivity contribution is 0.0961. The summed E-state index contributed by atoms with van der Waals surface area (Å²) >= 11 is 17.7. The maximum atomic E-state index is 12.1. The molecule has 0 atom stereocenters. The van der Waals surface area contributed by atoms with Crippen LogP contribution in [0.2, 0.25) is 15.1 Å². The van der Waals surface area contributed by atoms with Crippen LogP contribution in [0, 0.1) is 0 Å². The minimum Gasteiger partial charge on any atom is -0.313 e. The Morgan fingerprint density at radius 2 is 1.79 bits per heavy atom. The van der Waals surface area contributed by atoms with Crippen LogP contribution in [-0.2, 0) is 0 Å². The van der Waals surface area contributed by atoms with Gasteiger partial charge in [0.2, 0.25) is 5.82 Å². The standard InChI is InChI=1S/C15H9Cl3N4O2/c16-9-6-4-8(5-7-9)13-19-15(24-22-13)21-20-14(23)10-2-1-3-11(17)12(10)18/h1-7H,(H,20,23)(H,19,21,22). The zero-order valence-corrected chi connectivity index (χ0v) is 14.2. The van der Waals surface area contributed by atoms with E-state index < -0.39 is 5.91 Å². The number of nitrogens with zero attached hydrogens (tertiary/aromatic N) is 2. The van der Waals surface area contributed by atoms with Gasteiger partial charge in [0.05, 0.1) is 15.6 Å². The van der Waals surface area contributed by atoms with Crippen molar-refractivity contribution >= 4 is 46.7 Å². The third-order valence-corrected chi connectivity index (χ3v) is 4.08. The molecule has 3 rings (SSSR count). The second-order valence-corrected chi connectivity index (χ2v) is 5.83. The summed E-state index contributed by atoms with van der Waals surface area (Å²) < 4.78 is 5.01. The molecule has 0 aliphatic carbocycles. The zero-order valence-electron chi connectivity index (χ0n) is 11.9. The Bertz CT molecular complexity index is 881. The molecule has 9 heteroatoms. The third kappa shape index (κ3) is 3.62. The zero-order chi connectivity index (χ0) is 17.1. The first-order valence-electron chi connectivity index (χ1n) is 6.64. The normalized spacial score (nSPS) is 10.5. The molecule has 0 fully saturated rings. The van der Waals surface area contributed by atoms with Crippen molar-refractivity contribution in [3.05, 3.63) is 63.1 Å². The lowest BCUT2D eigenvalue weighted by atomic mass is 10.2. The van der Waals surface area contributed by atoms with Crippen LogP contribution in [0.5, 0.6) is 0 Å². The number of anilines is 1. The highest BCUT2D eigenvalue weighted by atomic mass is 35.5. The van der Waals surface area contributed by atoms with E-state index in [0.717, 1.165) is 5.56 Å². The summed E-state index contributed by atoms with van der Waals surface area (Å²) in [7, 11) is 0. The molecule has 0 aliphatic rings. The smallest absolute Gasteiger partial charge is 0.313 e. The van der Waals surface area contributed by atoms with Crippen molar-refractivity contribution in [2.75, 3.05) is 5.43 Å². The van der Waals surface area contributed by atoms with E-state index in [1.807, 2.05) is 0 Å². The van der Waals surface area contributed by atoms with Crippen molar-refractivity contribution in [3.63, 3.8) is 0 Å². The molecule has 2 aromatic carbocycles. The van der Waals surface area contributed by atoms with Crippen molar-refractivity contribution in [2.45, 2.75) is 0 Å². The third-order valence-electron chi connectivity index (χ3n) is 3.01. The average Bonchev–Trinajstić information content (AvgIpc) is 3.05. The number of halogens is 3. The van der Waals surface area contributed by atoms with Crippen LogP contribution in [0.15, 0.2) is 47.0 Å². The highest BCUT2D eigenvalue weighted by molar-refractivity contribution is 6.43. The number of benzene rings is 2. The Kier molecular flexibility index (Phi) is 4.89. The minimum absolute atomic E-state index is 0.0199. The van der Waals surface area contributed by atoms with E-state index in [2.05, 4.69) is 21.0 Å². The highest BCUT2D eigenvalue weighted by Gasteiger charge is 2.14. The first-order chi connectivity index (χ1) is 11.5. The van der Waals surface area contributed by atoms with Crippen molar-refractivity contribution < 1.29 is 9.32 Å². The average molecular weight is 384 g/mol. The number of hydrazine groups is 1. The number of hydrogen-bond donors (Lipinski definition) is 2. The summed E-state index contributed by atoms with van der Waals surface area (Å²) in [6.45, 7) is 0. The predicted octanol–water partition coefficient (Wildman–Crippen LogP) is 4.45. The molecular formula is C15H9Cl3N4O2. The maximum absolute atomic E-state index is 12.1. The molecule has 0 aliphatic heterocycles. The van der Waals surface area contributed by atoms with Gasteiger partial charge in [0.1, 0.15) is 0 Å². The second kappa shape index (κ2) is 7.09. The van der Waals surface area contributed by atoms with Gasteiger partial charge in [-0.1, -0.05) is 46.0 Å². The summed E-state index contributed by atoms with van der Waals surface area (Å²) in [5.74, 6) is -0.141. The van der Waals surface area contributed by atoms with E-state index in [1.165, 1.54) is 6.07 Å². The molecule has 1 aromatic heterocycles. The molecule has 0 bridgehead atoms. The van der Waals surface area contributed by atoms with E-state index in [9.17, 15) is 4.79 Å². The van der Waals surface area contributed by atoms with Gasteiger partial charge in [0.15, 0.2) is 0 Å². The molecule has 1 heterocycles. The number of nitrogens with one attached hydrogen (secondary N) is 2. The Balaban J connectivity index is 1.68. The number of carbonyl (C=O) groups is 1. The molecule has 6 nitrogen and oxygen atoms in total. The maximum Gasteiger partial charge on any atom is 0.340 e. The topological polar surface area (TPSA) is 80.0 Å². The number of carbonyl (C=O) groups excluding carboxylic acids is 1. The Labute approximate surface area is 151 Å². The monoisotopic (exact) mass is 382 g/mol. The van der Waals surface area contributed by atoms with Gasteiger partial charge in [0, 0.05) is 10.6 Å². The van der Waals surface area contributed by atoms with E-state index in [4.69, 9.17) is 39.3 Å². The quantitative estimate of drug-likeness (QED) is 0.650. The summed E-state index contributed by atoms with van der Waals surface area (Å²) in [6, 6.07) is 11.7. The molecule has 2 N–H and O–H groups in total. The first kappa shape index (κ1) is 16.6. The fraction of sp³-hybridized carbons (Fsp3) is 0. The molecule has 3 aromatic rings. The molecule has 122 valence electrons. The van der Waals surface area contributed by atoms with Gasteiger partial charge in [-0.05, 0) is 36.4 Å². The Morgan fingerprint density at radius 1 is 1.04 bits per heavy atom. The summed E-state index contributed by atoms with van der Waals surface area (Å²) in [6.07, 6.45) is 0. The molecule has 0 saturated heterocycles. The predicted molar refractivity (Wildman–Crippen MR) is 92.3 cm³/mol. The highest BCUT2D eigenvalue weighted by Crippen LogP contribution is 2.25. The van der Waals surface area contributed by atoms with Crippen molar-refractivity contribution in [1.29, 1.82) is 0 Å². The fourth-order valence-electron chi connectivity index (χ4n) is 1.85. The van der Waals surface area contributed by atoms with E-state index in [0.29, 0.717) is 10.8 Å². The number of aromatic nitrogens is 2. The molecule has 1 amide bonds. The van der Waals surface area contributed by atoms with Gasteiger partial charge >= 0.3 is 6.01 Å². The largest absolute Gasteiger partial charge is 0.340 e. The van der Waals surface area contributed by atoms with E-state index in [1.54, 1.807) is 36.4 Å². The number of hydrogen-bond acceptors (Lipinski definition) is 5. The summed E-state index contributed by atoms with van der Waals surface area (Å²) in [5, 5.41) is 4.85. The van der Waals surface area contributed by atoms with Crippen molar-refractivity contribution in [2.24, 2.45) is 0 Å². The van der Waals surface area contributed by atoms with Crippen LogP contribution in [-0.4, -0.2) is 16.0 Å². The lowest BCUT2D eigenvalue weighted by Gasteiger charge is -2.06. The van der Waals surface area contributed by atoms with Crippen LogP contribution < -0.4 is 10.9 Å². The molecule has 0 radical (unpaired) electrons. The first-order valence-corrected chi connectivity index (χ1v) is 7.78. The summed E-state index contributed by atoms with van der Waals surface area (Å²) in [4.78, 5) is 16.2. The van der Waals surface area contributed by atoms with E-state index >= 15 is 0 Å². The number of rotatable bonds is 4. The molecule has 0 spiro atoms. The van der Waals surface area contributed by atoms with Gasteiger partial charge in [-0.15, -0.1) is 0 Å². The van der Waals surface area contributed by atoms with Gasteiger partial charge in [-0.2, -0.15) is 4.98 Å². The second-order valence-electron chi connectivity index (χ2n) is 4.61. The molecule has 0 unspecified atom stereocenters.